The van der Waals surface area contributed by atoms with Crippen LogP contribution >= 0.6 is 0 Å². The summed E-state index contributed by atoms with van der Waals surface area (Å²) in [4.78, 5) is 6.87. The van der Waals surface area contributed by atoms with E-state index in [1.807, 2.05) is 30.9 Å². The fraction of sp³-hybridized carbons (Fsp3) is 0.565. The van der Waals surface area contributed by atoms with Gasteiger partial charge in [0, 0.05) is 51.0 Å². The summed E-state index contributed by atoms with van der Waals surface area (Å²) in [6.07, 6.45) is 4.17. The van der Waals surface area contributed by atoms with Gasteiger partial charge in [0.05, 0.1) is 18.5 Å². The van der Waals surface area contributed by atoms with Gasteiger partial charge < -0.3 is 20.3 Å². The smallest absolute Gasteiger partial charge is 0.191 e. The summed E-state index contributed by atoms with van der Waals surface area (Å²) in [7, 11) is 5.60. The van der Waals surface area contributed by atoms with Gasteiger partial charge in [0.15, 0.2) is 5.96 Å². The minimum atomic E-state index is 0.333. The van der Waals surface area contributed by atoms with Gasteiger partial charge in [-0.25, -0.2) is 0 Å². The molecule has 1 atom stereocenters. The molecule has 0 spiro atoms. The lowest BCUT2D eigenvalue weighted by Crippen LogP contribution is -2.51. The molecule has 1 aromatic heterocycles. The van der Waals surface area contributed by atoms with Crippen LogP contribution in [-0.2, 0) is 26.4 Å². The summed E-state index contributed by atoms with van der Waals surface area (Å²) in [6.45, 7) is 7.05. The normalized spacial score (nSPS) is 17.2. The number of methoxy groups -OCH3 is 1. The van der Waals surface area contributed by atoms with Crippen LogP contribution in [0, 0.1) is 0 Å². The molecule has 7 nitrogen and oxygen atoms in total. The highest BCUT2D eigenvalue weighted by Crippen LogP contribution is 2.29. The Labute approximate surface area is 180 Å². The van der Waals surface area contributed by atoms with Crippen molar-refractivity contribution in [2.24, 2.45) is 12.0 Å². The number of aliphatic imine (C=N–C) groups is 1. The van der Waals surface area contributed by atoms with Crippen LogP contribution < -0.4 is 20.3 Å². The van der Waals surface area contributed by atoms with Gasteiger partial charge in [0.1, 0.15) is 5.75 Å². The van der Waals surface area contributed by atoms with Crippen LogP contribution in [-0.4, -0.2) is 49.0 Å². The number of hydrogen-bond acceptors (Lipinski definition) is 4. The van der Waals surface area contributed by atoms with Crippen molar-refractivity contribution < 1.29 is 4.74 Å². The van der Waals surface area contributed by atoms with Crippen molar-refractivity contribution in [3.05, 3.63) is 41.2 Å². The van der Waals surface area contributed by atoms with E-state index in [4.69, 9.17) is 4.74 Å². The SMILES string of the molecule is CCc1nn(C)c(CC)c1CNC(=NC)NC1CCCN(c2ccccc2OC)C1. The molecule has 2 aromatic rings. The van der Waals surface area contributed by atoms with E-state index in [2.05, 4.69) is 51.6 Å². The highest BCUT2D eigenvalue weighted by atomic mass is 16.5. The Hall–Kier alpha value is -2.70. The Morgan fingerprint density at radius 2 is 2.07 bits per heavy atom. The summed E-state index contributed by atoms with van der Waals surface area (Å²) in [5.41, 5.74) is 4.90. The highest BCUT2D eigenvalue weighted by Gasteiger charge is 2.23. The quantitative estimate of drug-likeness (QED) is 0.541. The molecule has 2 heterocycles. The van der Waals surface area contributed by atoms with Crippen LogP contribution in [0.3, 0.4) is 0 Å². The zero-order valence-corrected chi connectivity index (χ0v) is 19.0. The Morgan fingerprint density at radius 1 is 1.27 bits per heavy atom. The van der Waals surface area contributed by atoms with E-state index in [0.29, 0.717) is 6.04 Å². The van der Waals surface area contributed by atoms with Crippen molar-refractivity contribution in [2.75, 3.05) is 32.1 Å². The summed E-state index contributed by atoms with van der Waals surface area (Å²) >= 11 is 0. The predicted molar refractivity (Wildman–Crippen MR) is 124 cm³/mol. The van der Waals surface area contributed by atoms with Crippen molar-refractivity contribution >= 4 is 11.6 Å². The summed E-state index contributed by atoms with van der Waals surface area (Å²) in [6, 6.07) is 8.58. The van der Waals surface area contributed by atoms with Gasteiger partial charge in [0.25, 0.3) is 0 Å². The molecule has 0 radical (unpaired) electrons. The molecule has 0 saturated carbocycles. The van der Waals surface area contributed by atoms with Gasteiger partial charge in [-0.15, -0.1) is 0 Å². The first kappa shape index (κ1) is 22.0. The largest absolute Gasteiger partial charge is 0.495 e. The van der Waals surface area contributed by atoms with Crippen LogP contribution in [0.25, 0.3) is 0 Å². The van der Waals surface area contributed by atoms with Crippen LogP contribution in [0.1, 0.15) is 43.6 Å². The van der Waals surface area contributed by atoms with Gasteiger partial charge in [-0.05, 0) is 37.8 Å². The second kappa shape index (κ2) is 10.4. The number of benzene rings is 1. The van der Waals surface area contributed by atoms with Crippen molar-refractivity contribution in [3.8, 4) is 5.75 Å². The van der Waals surface area contributed by atoms with Gasteiger partial charge in [-0.3, -0.25) is 9.67 Å². The molecule has 164 valence electrons. The van der Waals surface area contributed by atoms with Gasteiger partial charge in [0.2, 0.25) is 0 Å². The maximum atomic E-state index is 5.56. The Kier molecular flexibility index (Phi) is 7.60. The maximum absolute atomic E-state index is 5.56. The number of piperidine rings is 1. The number of aromatic nitrogens is 2. The van der Waals surface area contributed by atoms with E-state index in [0.717, 1.165) is 68.4 Å². The first-order valence-electron chi connectivity index (χ1n) is 11.0. The molecule has 1 saturated heterocycles. The first-order valence-corrected chi connectivity index (χ1v) is 11.0. The van der Waals surface area contributed by atoms with E-state index >= 15 is 0 Å². The van der Waals surface area contributed by atoms with E-state index in [-0.39, 0.29) is 0 Å². The van der Waals surface area contributed by atoms with Gasteiger partial charge in [-0.1, -0.05) is 26.0 Å². The minimum Gasteiger partial charge on any atom is -0.495 e. The number of aryl methyl sites for hydroxylation is 2. The summed E-state index contributed by atoms with van der Waals surface area (Å²) < 4.78 is 7.58. The second-order valence-corrected chi connectivity index (χ2v) is 7.73. The number of nitrogens with zero attached hydrogens (tertiary/aromatic N) is 4. The lowest BCUT2D eigenvalue weighted by atomic mass is 10.0. The lowest BCUT2D eigenvalue weighted by Gasteiger charge is -2.36. The molecule has 1 aromatic carbocycles. The third-order valence-electron chi connectivity index (χ3n) is 5.87. The van der Waals surface area contributed by atoms with Crippen molar-refractivity contribution in [2.45, 2.75) is 52.1 Å². The summed E-state index contributed by atoms with van der Waals surface area (Å²) in [5.74, 6) is 1.77. The number of anilines is 1. The molecule has 1 unspecified atom stereocenters. The zero-order chi connectivity index (χ0) is 21.5. The van der Waals surface area contributed by atoms with Crippen LogP contribution in [0.4, 0.5) is 5.69 Å². The second-order valence-electron chi connectivity index (χ2n) is 7.73. The average molecular weight is 413 g/mol. The molecule has 7 heteroatoms. The van der Waals surface area contributed by atoms with E-state index < -0.39 is 0 Å². The Morgan fingerprint density at radius 3 is 2.77 bits per heavy atom. The molecular weight excluding hydrogens is 376 g/mol. The number of rotatable bonds is 7. The fourth-order valence-electron chi connectivity index (χ4n) is 4.36. The van der Waals surface area contributed by atoms with E-state index in [9.17, 15) is 0 Å². The van der Waals surface area contributed by atoms with Crippen molar-refractivity contribution in [1.29, 1.82) is 0 Å². The van der Waals surface area contributed by atoms with E-state index in [1.165, 1.54) is 11.3 Å². The molecular formula is C23H36N6O. The molecule has 2 N–H and O–H groups in total. The first-order chi connectivity index (χ1) is 14.6. The van der Waals surface area contributed by atoms with Crippen LogP contribution in [0.15, 0.2) is 29.3 Å². The van der Waals surface area contributed by atoms with Crippen LogP contribution in [0.2, 0.25) is 0 Å². The highest BCUT2D eigenvalue weighted by molar-refractivity contribution is 5.80. The lowest BCUT2D eigenvalue weighted by molar-refractivity contribution is 0.408. The molecule has 0 amide bonds. The van der Waals surface area contributed by atoms with Gasteiger partial charge >= 0.3 is 0 Å². The topological polar surface area (TPSA) is 66.7 Å². The minimum absolute atomic E-state index is 0.333. The zero-order valence-electron chi connectivity index (χ0n) is 19.0. The average Bonchev–Trinajstić information content (AvgIpc) is 3.10. The van der Waals surface area contributed by atoms with Crippen molar-refractivity contribution in [3.63, 3.8) is 0 Å². The number of guanidine groups is 1. The molecule has 0 aliphatic carbocycles. The molecule has 3 rings (SSSR count). The Balaban J connectivity index is 1.64. The van der Waals surface area contributed by atoms with Crippen LogP contribution in [0.5, 0.6) is 5.75 Å². The third-order valence-corrected chi connectivity index (χ3v) is 5.87. The number of nitrogens with one attached hydrogen (secondary N) is 2. The number of hydrogen-bond donors (Lipinski definition) is 2. The molecule has 0 bridgehead atoms. The standard InChI is InChI=1S/C23H36N6O/c1-6-19-18(20(7-2)28(4)27-19)15-25-23(24-3)26-17-11-10-14-29(16-17)21-12-8-9-13-22(21)30-5/h8-9,12-13,17H,6-7,10-11,14-16H2,1-5H3,(H2,24,25,26). The molecule has 1 fully saturated rings. The Bertz CT molecular complexity index is 859. The molecule has 30 heavy (non-hydrogen) atoms. The van der Waals surface area contributed by atoms with Crippen molar-refractivity contribution in [1.82, 2.24) is 20.4 Å². The fourth-order valence-corrected chi connectivity index (χ4v) is 4.36. The molecule has 1 aliphatic rings. The predicted octanol–water partition coefficient (Wildman–Crippen LogP) is 2.89. The third kappa shape index (κ3) is 4.89. The summed E-state index contributed by atoms with van der Waals surface area (Å²) in [5, 5.41) is 11.8. The monoisotopic (exact) mass is 412 g/mol. The number of para-hydroxylation sites is 2. The number of ether oxygens (including phenoxy) is 1. The molecule has 1 aliphatic heterocycles. The maximum Gasteiger partial charge on any atom is 0.191 e. The van der Waals surface area contributed by atoms with Gasteiger partial charge in [-0.2, -0.15) is 5.10 Å². The van der Waals surface area contributed by atoms with E-state index in [1.54, 1.807) is 7.11 Å².